The first-order valence-electron chi connectivity index (χ1n) is 9.44. The maximum Gasteiger partial charge on any atom is 0.233 e. The molecule has 3 aromatic rings. The highest BCUT2D eigenvalue weighted by molar-refractivity contribution is 7.99. The minimum atomic E-state index is -0.00862. The zero-order valence-electron chi connectivity index (χ0n) is 16.8. The van der Waals surface area contributed by atoms with Gasteiger partial charge in [0.25, 0.3) is 0 Å². The molecule has 0 unspecified atom stereocenters. The van der Waals surface area contributed by atoms with Gasteiger partial charge < -0.3 is 19.1 Å². The number of carbonyl (C=O) groups excluding carboxylic acids is 1. The maximum absolute atomic E-state index is 12.5. The summed E-state index contributed by atoms with van der Waals surface area (Å²) in [6, 6.07) is 13.3. The van der Waals surface area contributed by atoms with Gasteiger partial charge in [-0.3, -0.25) is 9.89 Å². The predicted molar refractivity (Wildman–Crippen MR) is 113 cm³/mol. The summed E-state index contributed by atoms with van der Waals surface area (Å²) < 4.78 is 16.3. The lowest BCUT2D eigenvalue weighted by Gasteiger charge is -2.21. The van der Waals surface area contributed by atoms with Gasteiger partial charge in [0.2, 0.25) is 11.1 Å². The highest BCUT2D eigenvalue weighted by Crippen LogP contribution is 2.31. The van der Waals surface area contributed by atoms with Gasteiger partial charge in [-0.1, -0.05) is 17.8 Å². The van der Waals surface area contributed by atoms with Crippen LogP contribution in [-0.2, 0) is 11.3 Å². The number of fused-ring (bicyclic) bond motifs is 1. The first-order valence-corrected chi connectivity index (χ1v) is 10.4. The van der Waals surface area contributed by atoms with Crippen LogP contribution < -0.4 is 14.2 Å². The van der Waals surface area contributed by atoms with Crippen molar-refractivity contribution in [1.82, 2.24) is 20.1 Å². The molecule has 2 heterocycles. The van der Waals surface area contributed by atoms with Gasteiger partial charge in [0.15, 0.2) is 17.3 Å². The molecule has 0 spiro atoms. The van der Waals surface area contributed by atoms with Gasteiger partial charge in [0.1, 0.15) is 19.0 Å². The van der Waals surface area contributed by atoms with E-state index in [-0.39, 0.29) is 11.7 Å². The molecule has 9 heteroatoms. The second kappa shape index (κ2) is 9.08. The van der Waals surface area contributed by atoms with Crippen LogP contribution in [0.25, 0.3) is 11.4 Å². The van der Waals surface area contributed by atoms with Crippen LogP contribution >= 0.6 is 11.8 Å². The van der Waals surface area contributed by atoms with E-state index in [1.54, 1.807) is 19.1 Å². The molecule has 0 atom stereocenters. The molecule has 0 aliphatic carbocycles. The zero-order valence-corrected chi connectivity index (χ0v) is 17.6. The van der Waals surface area contributed by atoms with Crippen LogP contribution in [-0.4, -0.2) is 59.1 Å². The third-order valence-electron chi connectivity index (χ3n) is 4.61. The molecule has 1 aromatic heterocycles. The van der Waals surface area contributed by atoms with E-state index in [4.69, 9.17) is 14.2 Å². The predicted octanol–water partition coefficient (Wildman–Crippen LogP) is 3.00. The Hall–Kier alpha value is -3.20. The summed E-state index contributed by atoms with van der Waals surface area (Å²) in [7, 11) is 3.40. The quantitative estimate of drug-likeness (QED) is 0.581. The molecule has 0 bridgehead atoms. The third kappa shape index (κ3) is 4.68. The molecule has 8 nitrogen and oxygen atoms in total. The summed E-state index contributed by atoms with van der Waals surface area (Å²) in [6.07, 6.45) is 0. The molecule has 156 valence electrons. The minimum absolute atomic E-state index is 0.00862. The Morgan fingerprint density at radius 2 is 1.93 bits per heavy atom. The summed E-state index contributed by atoms with van der Waals surface area (Å²) in [4.78, 5) is 18.7. The van der Waals surface area contributed by atoms with E-state index in [0.717, 1.165) is 28.4 Å². The summed E-state index contributed by atoms with van der Waals surface area (Å²) in [6.45, 7) is 1.58. The highest BCUT2D eigenvalue weighted by atomic mass is 32.2. The number of benzene rings is 2. The second-order valence-electron chi connectivity index (χ2n) is 6.71. The lowest BCUT2D eigenvalue weighted by Crippen LogP contribution is -2.28. The summed E-state index contributed by atoms with van der Waals surface area (Å²) in [5.74, 6) is 3.14. The van der Waals surface area contributed by atoms with E-state index >= 15 is 0 Å². The first-order chi connectivity index (χ1) is 14.6. The number of carbonyl (C=O) groups is 1. The number of methoxy groups -OCH3 is 1. The Bertz CT molecular complexity index is 1020. The Kier molecular flexibility index (Phi) is 6.08. The Morgan fingerprint density at radius 1 is 1.17 bits per heavy atom. The Balaban J connectivity index is 1.31. The average Bonchev–Trinajstić information content (AvgIpc) is 3.26. The van der Waals surface area contributed by atoms with Crippen molar-refractivity contribution in [3.8, 4) is 28.6 Å². The molecular formula is C21H22N4O4S. The molecule has 0 saturated carbocycles. The van der Waals surface area contributed by atoms with Crippen molar-refractivity contribution in [2.24, 2.45) is 0 Å². The van der Waals surface area contributed by atoms with Crippen LogP contribution in [0.3, 0.4) is 0 Å². The SMILES string of the molecule is COc1ccc(-c2nc(SCC(=O)N(C)Cc3ccc4c(c3)OCCO4)n[nH]2)cc1. The maximum atomic E-state index is 12.5. The number of hydrogen-bond donors (Lipinski definition) is 1. The van der Waals surface area contributed by atoms with Crippen LogP contribution in [0.4, 0.5) is 0 Å². The second-order valence-corrected chi connectivity index (χ2v) is 7.65. The Morgan fingerprint density at radius 3 is 2.70 bits per heavy atom. The molecule has 4 rings (SSSR count). The number of rotatable bonds is 7. The van der Waals surface area contributed by atoms with Crippen molar-refractivity contribution in [2.45, 2.75) is 11.7 Å². The van der Waals surface area contributed by atoms with Crippen LogP contribution in [0.1, 0.15) is 5.56 Å². The molecule has 1 aliphatic rings. The van der Waals surface area contributed by atoms with Gasteiger partial charge in [-0.15, -0.1) is 5.10 Å². The van der Waals surface area contributed by atoms with Crippen molar-refractivity contribution < 1.29 is 19.0 Å². The van der Waals surface area contributed by atoms with E-state index in [2.05, 4.69) is 15.2 Å². The van der Waals surface area contributed by atoms with Crippen molar-refractivity contribution >= 4 is 17.7 Å². The number of ether oxygens (including phenoxy) is 3. The Labute approximate surface area is 178 Å². The van der Waals surface area contributed by atoms with Crippen LogP contribution in [0.2, 0.25) is 0 Å². The van der Waals surface area contributed by atoms with Crippen LogP contribution in [0.15, 0.2) is 47.6 Å². The number of thioether (sulfide) groups is 1. The van der Waals surface area contributed by atoms with Gasteiger partial charge in [-0.05, 0) is 42.0 Å². The number of aromatic nitrogens is 3. The molecule has 0 saturated heterocycles. The molecule has 2 aromatic carbocycles. The topological polar surface area (TPSA) is 89.6 Å². The summed E-state index contributed by atoms with van der Waals surface area (Å²) in [5.41, 5.74) is 1.89. The van der Waals surface area contributed by atoms with Gasteiger partial charge in [-0.25, -0.2) is 4.98 Å². The van der Waals surface area contributed by atoms with E-state index in [0.29, 0.717) is 30.7 Å². The van der Waals surface area contributed by atoms with Crippen molar-refractivity contribution in [3.63, 3.8) is 0 Å². The van der Waals surface area contributed by atoms with Crippen LogP contribution in [0.5, 0.6) is 17.2 Å². The fourth-order valence-corrected chi connectivity index (χ4v) is 3.71. The van der Waals surface area contributed by atoms with Gasteiger partial charge >= 0.3 is 0 Å². The molecule has 0 radical (unpaired) electrons. The summed E-state index contributed by atoms with van der Waals surface area (Å²) >= 11 is 1.30. The van der Waals surface area contributed by atoms with E-state index in [1.165, 1.54) is 11.8 Å². The van der Waals surface area contributed by atoms with Gasteiger partial charge in [0, 0.05) is 19.2 Å². The molecule has 1 N–H and O–H groups in total. The van der Waals surface area contributed by atoms with E-state index in [1.807, 2.05) is 42.5 Å². The monoisotopic (exact) mass is 426 g/mol. The molecular weight excluding hydrogens is 404 g/mol. The standard InChI is InChI=1S/C21H22N4O4S/c1-25(12-14-3-8-17-18(11-14)29-10-9-28-17)19(26)13-30-21-22-20(23-24-21)15-4-6-16(27-2)7-5-15/h3-8,11H,9-10,12-13H2,1-2H3,(H,22,23,24). The van der Waals surface area contributed by atoms with Crippen molar-refractivity contribution in [2.75, 3.05) is 33.1 Å². The zero-order chi connectivity index (χ0) is 20.9. The minimum Gasteiger partial charge on any atom is -0.497 e. The number of nitrogens with one attached hydrogen (secondary N) is 1. The fourth-order valence-electron chi connectivity index (χ4n) is 2.97. The van der Waals surface area contributed by atoms with Gasteiger partial charge in [-0.2, -0.15) is 0 Å². The van der Waals surface area contributed by atoms with Crippen molar-refractivity contribution in [3.05, 3.63) is 48.0 Å². The first kappa shape index (κ1) is 20.1. The number of nitrogens with zero attached hydrogens (tertiary/aromatic N) is 3. The normalized spacial score (nSPS) is 12.5. The third-order valence-corrected chi connectivity index (χ3v) is 5.44. The average molecular weight is 426 g/mol. The highest BCUT2D eigenvalue weighted by Gasteiger charge is 2.16. The van der Waals surface area contributed by atoms with Gasteiger partial charge in [0.05, 0.1) is 12.9 Å². The fraction of sp³-hybridized carbons (Fsp3) is 0.286. The molecule has 1 amide bonds. The smallest absolute Gasteiger partial charge is 0.233 e. The molecule has 1 aliphatic heterocycles. The molecule has 0 fully saturated rings. The summed E-state index contributed by atoms with van der Waals surface area (Å²) in [5, 5.41) is 7.63. The van der Waals surface area contributed by atoms with E-state index in [9.17, 15) is 4.79 Å². The largest absolute Gasteiger partial charge is 0.497 e. The van der Waals surface area contributed by atoms with Crippen molar-refractivity contribution in [1.29, 1.82) is 0 Å². The number of H-pyrrole nitrogens is 1. The van der Waals surface area contributed by atoms with Crippen LogP contribution in [0, 0.1) is 0 Å². The number of hydrogen-bond acceptors (Lipinski definition) is 7. The number of amides is 1. The van der Waals surface area contributed by atoms with E-state index < -0.39 is 0 Å². The number of aromatic amines is 1. The lowest BCUT2D eigenvalue weighted by atomic mass is 10.2. The molecule has 30 heavy (non-hydrogen) atoms. The lowest BCUT2D eigenvalue weighted by molar-refractivity contribution is -0.127.